The molecule has 1 aromatic carbocycles. The normalized spacial score (nSPS) is 24.7. The first-order chi connectivity index (χ1) is 15.6. The van der Waals surface area contributed by atoms with Crippen LogP contribution in [0, 0.1) is 6.92 Å². The van der Waals surface area contributed by atoms with Crippen molar-refractivity contribution in [1.29, 1.82) is 0 Å². The molecule has 1 aromatic heterocycles. The van der Waals surface area contributed by atoms with Gasteiger partial charge in [0.1, 0.15) is 24.1 Å². The molecular formula is C22H23FO10. The molecule has 178 valence electrons. The first-order valence-corrected chi connectivity index (χ1v) is 10.0. The SMILES string of the molecule is CC(=O)O[C@H]1[C@@H](OC(C)=O)[C@@H](CF)O[C@@H](Oc2ccc3c(C)cc(=O)oc3c2)[C@@H]1OC(C)=O. The molecule has 11 heteroatoms. The molecule has 0 N–H and O–H groups in total. The van der Waals surface area contributed by atoms with Gasteiger partial charge in [-0.15, -0.1) is 0 Å². The third kappa shape index (κ3) is 5.67. The van der Waals surface area contributed by atoms with Gasteiger partial charge in [-0.05, 0) is 24.6 Å². The minimum absolute atomic E-state index is 0.142. The Bertz CT molecular complexity index is 1110. The summed E-state index contributed by atoms with van der Waals surface area (Å²) < 4.78 is 46.0. The number of halogens is 1. The molecule has 3 rings (SSSR count). The number of esters is 3. The average Bonchev–Trinajstić information content (AvgIpc) is 2.70. The predicted molar refractivity (Wildman–Crippen MR) is 109 cm³/mol. The van der Waals surface area contributed by atoms with Crippen LogP contribution in [0.5, 0.6) is 5.75 Å². The molecule has 0 spiro atoms. The van der Waals surface area contributed by atoms with Crippen molar-refractivity contribution < 1.29 is 46.9 Å². The van der Waals surface area contributed by atoms with Crippen LogP contribution in [0.1, 0.15) is 26.3 Å². The number of hydrogen-bond acceptors (Lipinski definition) is 10. The lowest BCUT2D eigenvalue weighted by atomic mass is 9.98. The van der Waals surface area contributed by atoms with Gasteiger partial charge in [-0.2, -0.15) is 0 Å². The summed E-state index contributed by atoms with van der Waals surface area (Å²) in [6.45, 7) is 3.92. The second-order valence-electron chi connectivity index (χ2n) is 7.44. The van der Waals surface area contributed by atoms with Gasteiger partial charge < -0.3 is 28.1 Å². The van der Waals surface area contributed by atoms with E-state index in [-0.39, 0.29) is 11.3 Å². The lowest BCUT2D eigenvalue weighted by molar-refractivity contribution is -0.285. The summed E-state index contributed by atoms with van der Waals surface area (Å²) in [6.07, 6.45) is -7.03. The third-order valence-corrected chi connectivity index (χ3v) is 4.82. The number of carbonyl (C=O) groups is 3. The second-order valence-corrected chi connectivity index (χ2v) is 7.44. The van der Waals surface area contributed by atoms with E-state index in [2.05, 4.69) is 0 Å². The number of alkyl halides is 1. The Hall–Kier alpha value is -3.47. The van der Waals surface area contributed by atoms with Crippen molar-refractivity contribution in [1.82, 2.24) is 0 Å². The number of ether oxygens (including phenoxy) is 5. The maximum atomic E-state index is 13.8. The van der Waals surface area contributed by atoms with Crippen molar-refractivity contribution in [2.45, 2.75) is 58.4 Å². The lowest BCUT2D eigenvalue weighted by Crippen LogP contribution is -2.63. The Balaban J connectivity index is 2.00. The van der Waals surface area contributed by atoms with Gasteiger partial charge in [-0.25, -0.2) is 9.18 Å². The van der Waals surface area contributed by atoms with Crippen LogP contribution in [-0.2, 0) is 33.3 Å². The van der Waals surface area contributed by atoms with Crippen LogP contribution in [0.2, 0.25) is 0 Å². The highest BCUT2D eigenvalue weighted by atomic mass is 19.1. The van der Waals surface area contributed by atoms with Gasteiger partial charge >= 0.3 is 23.5 Å². The molecule has 1 aliphatic rings. The standard InChI is InChI=1S/C22H23FO10/c1-10-7-18(27)32-16-8-14(5-6-15(10)16)31-22-21(30-13(4)26)20(29-12(3)25)19(28-11(2)24)17(9-23)33-22/h5-8,17,19-22H,9H2,1-4H3/t17-,19+,20+,21-,22-/m1/s1. The second kappa shape index (κ2) is 9.99. The Labute approximate surface area is 187 Å². The van der Waals surface area contributed by atoms with Crippen molar-refractivity contribution >= 4 is 28.9 Å². The molecule has 1 aliphatic heterocycles. The summed E-state index contributed by atoms with van der Waals surface area (Å²) in [5, 5.41) is 0.664. The average molecular weight is 466 g/mol. The Kier molecular flexibility index (Phi) is 7.32. The number of carbonyl (C=O) groups excluding carboxylic acids is 3. The van der Waals surface area contributed by atoms with Crippen LogP contribution in [0.3, 0.4) is 0 Å². The van der Waals surface area contributed by atoms with E-state index in [4.69, 9.17) is 28.1 Å². The largest absolute Gasteiger partial charge is 0.461 e. The molecule has 10 nitrogen and oxygen atoms in total. The minimum Gasteiger partial charge on any atom is -0.461 e. The van der Waals surface area contributed by atoms with Gasteiger partial charge in [0.05, 0.1) is 0 Å². The summed E-state index contributed by atoms with van der Waals surface area (Å²) in [6, 6.07) is 5.95. The van der Waals surface area contributed by atoms with Crippen molar-refractivity contribution in [3.63, 3.8) is 0 Å². The van der Waals surface area contributed by atoms with E-state index < -0.39 is 60.9 Å². The number of rotatable bonds is 6. The van der Waals surface area contributed by atoms with E-state index in [1.165, 1.54) is 12.1 Å². The molecular weight excluding hydrogens is 443 g/mol. The van der Waals surface area contributed by atoms with E-state index in [0.29, 0.717) is 10.9 Å². The maximum Gasteiger partial charge on any atom is 0.336 e. The summed E-state index contributed by atoms with van der Waals surface area (Å²) in [5.74, 6) is -2.19. The molecule has 0 saturated carbocycles. The van der Waals surface area contributed by atoms with E-state index >= 15 is 0 Å². The van der Waals surface area contributed by atoms with Gasteiger partial charge in [-0.1, -0.05) is 0 Å². The number of aryl methyl sites for hydroxylation is 1. The number of benzene rings is 1. The fourth-order valence-electron chi connectivity index (χ4n) is 3.59. The molecule has 0 bridgehead atoms. The Morgan fingerprint density at radius 1 is 0.939 bits per heavy atom. The quantitative estimate of drug-likeness (QED) is 0.354. The summed E-state index contributed by atoms with van der Waals surface area (Å²) in [7, 11) is 0. The monoisotopic (exact) mass is 466 g/mol. The zero-order valence-electron chi connectivity index (χ0n) is 18.4. The zero-order valence-corrected chi connectivity index (χ0v) is 18.4. The van der Waals surface area contributed by atoms with Gasteiger partial charge in [0.15, 0.2) is 12.2 Å². The molecule has 2 aromatic rings. The first-order valence-electron chi connectivity index (χ1n) is 10.0. The molecule has 0 amide bonds. The van der Waals surface area contributed by atoms with Crippen molar-refractivity contribution in [2.24, 2.45) is 0 Å². The van der Waals surface area contributed by atoms with Gasteiger partial charge in [0.2, 0.25) is 12.4 Å². The molecule has 2 heterocycles. The number of fused-ring (bicyclic) bond motifs is 1. The van der Waals surface area contributed by atoms with Crippen LogP contribution >= 0.6 is 0 Å². The fraction of sp³-hybridized carbons (Fsp3) is 0.455. The fourth-order valence-corrected chi connectivity index (χ4v) is 3.59. The van der Waals surface area contributed by atoms with Crippen LogP contribution in [0.4, 0.5) is 4.39 Å². The maximum absolute atomic E-state index is 13.8. The Morgan fingerprint density at radius 2 is 1.55 bits per heavy atom. The van der Waals surface area contributed by atoms with Crippen molar-refractivity contribution in [3.8, 4) is 5.75 Å². The van der Waals surface area contributed by atoms with Gasteiger partial charge in [0.25, 0.3) is 0 Å². The van der Waals surface area contributed by atoms with E-state index in [1.807, 2.05) is 0 Å². The number of hydrogen-bond donors (Lipinski definition) is 0. The van der Waals surface area contributed by atoms with Crippen LogP contribution in [0.15, 0.2) is 33.5 Å². The molecule has 0 aliphatic carbocycles. The van der Waals surface area contributed by atoms with E-state index in [0.717, 1.165) is 20.8 Å². The highest BCUT2D eigenvalue weighted by Crippen LogP contribution is 2.32. The molecule has 5 atom stereocenters. The lowest BCUT2D eigenvalue weighted by Gasteiger charge is -2.43. The first kappa shape index (κ1) is 24.2. The topological polar surface area (TPSA) is 128 Å². The molecule has 1 saturated heterocycles. The Morgan fingerprint density at radius 3 is 2.15 bits per heavy atom. The van der Waals surface area contributed by atoms with Crippen molar-refractivity contribution in [2.75, 3.05) is 6.67 Å². The van der Waals surface area contributed by atoms with Crippen molar-refractivity contribution in [3.05, 3.63) is 40.2 Å². The van der Waals surface area contributed by atoms with Gasteiger partial charge in [0, 0.05) is 38.3 Å². The minimum atomic E-state index is -1.44. The van der Waals surface area contributed by atoms with Gasteiger partial charge in [-0.3, -0.25) is 14.4 Å². The summed E-state index contributed by atoms with van der Waals surface area (Å²) >= 11 is 0. The highest BCUT2D eigenvalue weighted by Gasteiger charge is 2.53. The third-order valence-electron chi connectivity index (χ3n) is 4.82. The highest BCUT2D eigenvalue weighted by molar-refractivity contribution is 5.81. The molecule has 0 unspecified atom stereocenters. The molecule has 1 fully saturated rings. The molecule has 33 heavy (non-hydrogen) atoms. The van der Waals surface area contributed by atoms with Crippen LogP contribution < -0.4 is 10.4 Å². The smallest absolute Gasteiger partial charge is 0.336 e. The molecule has 0 radical (unpaired) electrons. The van der Waals surface area contributed by atoms with E-state index in [9.17, 15) is 23.6 Å². The summed E-state index contributed by atoms with van der Waals surface area (Å²) in [5.41, 5.74) is 0.366. The zero-order chi connectivity index (χ0) is 24.3. The van der Waals surface area contributed by atoms with E-state index in [1.54, 1.807) is 19.1 Å². The predicted octanol–water partition coefficient (Wildman–Crippen LogP) is 1.97. The van der Waals surface area contributed by atoms with Crippen LogP contribution in [-0.4, -0.2) is 55.3 Å². The van der Waals surface area contributed by atoms with Crippen LogP contribution in [0.25, 0.3) is 11.0 Å². The summed E-state index contributed by atoms with van der Waals surface area (Å²) in [4.78, 5) is 46.8.